The van der Waals surface area contributed by atoms with Crippen molar-refractivity contribution in [2.75, 3.05) is 0 Å². The third-order valence-electron chi connectivity index (χ3n) is 4.24. The van der Waals surface area contributed by atoms with Gasteiger partial charge in [-0.25, -0.2) is 4.39 Å². The Balaban J connectivity index is 1.49. The first-order valence-corrected chi connectivity index (χ1v) is 9.99. The lowest BCUT2D eigenvalue weighted by atomic mass is 10.1. The molecule has 1 N–H and O–H groups in total. The maximum Gasteiger partial charge on any atom is 0.277 e. The van der Waals surface area contributed by atoms with E-state index in [0.717, 1.165) is 12.8 Å². The Hall–Kier alpha value is -2.67. The molecule has 0 fully saturated rings. The number of nitrogens with one attached hydrogen (secondary N) is 1. The van der Waals surface area contributed by atoms with Gasteiger partial charge in [-0.15, -0.1) is 10.2 Å². The van der Waals surface area contributed by atoms with Crippen molar-refractivity contribution >= 4 is 17.7 Å². The molecule has 3 rings (SSSR count). The van der Waals surface area contributed by atoms with Crippen LogP contribution in [-0.4, -0.2) is 27.4 Å². The highest BCUT2D eigenvalue weighted by Crippen LogP contribution is 2.26. The molecule has 1 heterocycles. The minimum atomic E-state index is -0.374. The normalized spacial score (nSPS) is 13.1. The highest BCUT2D eigenvalue weighted by Gasteiger charge is 2.20. The first-order valence-electron chi connectivity index (χ1n) is 9.11. The van der Waals surface area contributed by atoms with Crippen molar-refractivity contribution in [1.29, 1.82) is 0 Å². The molecule has 146 valence electrons. The average Bonchev–Trinajstić information content (AvgIpc) is 3.16. The van der Waals surface area contributed by atoms with Crippen molar-refractivity contribution in [3.05, 3.63) is 66.0 Å². The minimum Gasteiger partial charge on any atom is -0.411 e. The number of nitrogens with zero attached hydrogens (tertiary/aromatic N) is 2. The van der Waals surface area contributed by atoms with Crippen molar-refractivity contribution in [3.8, 4) is 11.5 Å². The highest BCUT2D eigenvalue weighted by atomic mass is 32.2. The SMILES string of the molecule is C[C@H](Sc1nnc(-c2ccc(F)cc2)o1)C(=O)N[C@@H](C)CCc1ccccc1. The number of carbonyl (C=O) groups excluding carboxylic acids is 1. The second-order valence-corrected chi connectivity index (χ2v) is 7.87. The lowest BCUT2D eigenvalue weighted by molar-refractivity contribution is -0.120. The van der Waals surface area contributed by atoms with Crippen molar-refractivity contribution in [2.24, 2.45) is 0 Å². The van der Waals surface area contributed by atoms with Crippen LogP contribution in [0.1, 0.15) is 25.8 Å². The van der Waals surface area contributed by atoms with E-state index in [-0.39, 0.29) is 23.0 Å². The number of amides is 1. The van der Waals surface area contributed by atoms with Gasteiger partial charge in [0.1, 0.15) is 5.82 Å². The monoisotopic (exact) mass is 399 g/mol. The summed E-state index contributed by atoms with van der Waals surface area (Å²) in [6, 6.07) is 16.1. The molecule has 0 aliphatic carbocycles. The second kappa shape index (κ2) is 9.50. The number of aromatic nitrogens is 2. The molecule has 2 atom stereocenters. The predicted molar refractivity (Wildman–Crippen MR) is 107 cm³/mol. The number of benzene rings is 2. The summed E-state index contributed by atoms with van der Waals surface area (Å²) in [7, 11) is 0. The lowest BCUT2D eigenvalue weighted by Crippen LogP contribution is -2.37. The first-order chi connectivity index (χ1) is 13.5. The number of thioether (sulfide) groups is 1. The molecule has 0 aliphatic rings. The fourth-order valence-corrected chi connectivity index (χ4v) is 3.32. The van der Waals surface area contributed by atoms with Crippen molar-refractivity contribution < 1.29 is 13.6 Å². The summed E-state index contributed by atoms with van der Waals surface area (Å²) in [5.74, 6) is -0.108. The van der Waals surface area contributed by atoms with E-state index in [2.05, 4.69) is 27.6 Å². The molecule has 1 amide bonds. The Kier molecular flexibility index (Phi) is 6.81. The summed E-state index contributed by atoms with van der Waals surface area (Å²) in [6.07, 6.45) is 1.77. The summed E-state index contributed by atoms with van der Waals surface area (Å²) in [6.45, 7) is 3.79. The molecule has 28 heavy (non-hydrogen) atoms. The van der Waals surface area contributed by atoms with Crippen LogP contribution in [0.2, 0.25) is 0 Å². The summed E-state index contributed by atoms with van der Waals surface area (Å²) in [5.41, 5.74) is 1.89. The van der Waals surface area contributed by atoms with Gasteiger partial charge in [0.25, 0.3) is 5.22 Å². The number of rotatable bonds is 8. The van der Waals surface area contributed by atoms with Crippen LogP contribution in [-0.2, 0) is 11.2 Å². The maximum atomic E-state index is 13.0. The van der Waals surface area contributed by atoms with Crippen LogP contribution in [0.25, 0.3) is 11.5 Å². The van der Waals surface area contributed by atoms with Gasteiger partial charge in [-0.3, -0.25) is 4.79 Å². The van der Waals surface area contributed by atoms with Crippen LogP contribution in [0.5, 0.6) is 0 Å². The standard InChI is InChI=1S/C21H22FN3O2S/c1-14(8-9-16-6-4-3-5-7-16)23-19(26)15(2)28-21-25-24-20(27-21)17-10-12-18(22)13-11-17/h3-7,10-15H,8-9H2,1-2H3,(H,23,26)/t14-,15-/m0/s1. The van der Waals surface area contributed by atoms with Gasteiger partial charge in [0.2, 0.25) is 11.8 Å². The molecule has 7 heteroatoms. The molecule has 0 saturated heterocycles. The average molecular weight is 399 g/mol. The van der Waals surface area contributed by atoms with Crippen molar-refractivity contribution in [2.45, 2.75) is 43.2 Å². The Bertz CT molecular complexity index is 900. The number of carbonyl (C=O) groups is 1. The predicted octanol–water partition coefficient (Wildman–Crippen LogP) is 4.49. The van der Waals surface area contributed by atoms with E-state index < -0.39 is 0 Å². The molecule has 3 aromatic rings. The molecular formula is C21H22FN3O2S. The molecule has 0 bridgehead atoms. The van der Waals surface area contributed by atoms with Gasteiger partial charge >= 0.3 is 0 Å². The van der Waals surface area contributed by atoms with Gasteiger partial charge in [-0.2, -0.15) is 0 Å². The number of aryl methyl sites for hydroxylation is 1. The fraction of sp³-hybridized carbons (Fsp3) is 0.286. The van der Waals surface area contributed by atoms with E-state index in [4.69, 9.17) is 4.42 Å². The Morgan fingerprint density at radius 3 is 2.54 bits per heavy atom. The van der Waals surface area contributed by atoms with Gasteiger partial charge in [0.15, 0.2) is 0 Å². The fourth-order valence-electron chi connectivity index (χ4n) is 2.63. The lowest BCUT2D eigenvalue weighted by Gasteiger charge is -2.16. The van der Waals surface area contributed by atoms with Gasteiger partial charge < -0.3 is 9.73 Å². The van der Waals surface area contributed by atoms with Crippen LogP contribution in [0, 0.1) is 5.82 Å². The third kappa shape index (κ3) is 5.66. The molecule has 2 aromatic carbocycles. The zero-order valence-electron chi connectivity index (χ0n) is 15.8. The van der Waals surface area contributed by atoms with Gasteiger partial charge in [0.05, 0.1) is 5.25 Å². The summed E-state index contributed by atoms with van der Waals surface area (Å²) in [5, 5.41) is 10.9. The Morgan fingerprint density at radius 1 is 1.11 bits per heavy atom. The van der Waals surface area contributed by atoms with E-state index in [0.29, 0.717) is 16.7 Å². The van der Waals surface area contributed by atoms with Crippen LogP contribution in [0.3, 0.4) is 0 Å². The molecule has 5 nitrogen and oxygen atoms in total. The van der Waals surface area contributed by atoms with Gasteiger partial charge in [-0.05, 0) is 56.5 Å². The van der Waals surface area contributed by atoms with E-state index >= 15 is 0 Å². The molecule has 1 aromatic heterocycles. The van der Waals surface area contributed by atoms with Gasteiger partial charge in [-0.1, -0.05) is 42.1 Å². The largest absolute Gasteiger partial charge is 0.411 e. The number of hydrogen-bond acceptors (Lipinski definition) is 5. The Morgan fingerprint density at radius 2 is 1.82 bits per heavy atom. The number of halogens is 1. The molecule has 0 saturated carbocycles. The molecule has 0 aliphatic heterocycles. The van der Waals surface area contributed by atoms with Gasteiger partial charge in [0, 0.05) is 11.6 Å². The van der Waals surface area contributed by atoms with E-state index in [1.165, 1.54) is 29.5 Å². The topological polar surface area (TPSA) is 68.0 Å². The summed E-state index contributed by atoms with van der Waals surface area (Å²) in [4.78, 5) is 12.4. The van der Waals surface area contributed by atoms with Crippen LogP contribution >= 0.6 is 11.8 Å². The molecule has 0 unspecified atom stereocenters. The summed E-state index contributed by atoms with van der Waals surface area (Å²) >= 11 is 1.20. The first kappa shape index (κ1) is 20.1. The second-order valence-electron chi connectivity index (χ2n) is 6.57. The molecular weight excluding hydrogens is 377 g/mol. The maximum absolute atomic E-state index is 13.0. The summed E-state index contributed by atoms with van der Waals surface area (Å²) < 4.78 is 18.6. The van der Waals surface area contributed by atoms with Crippen molar-refractivity contribution in [3.63, 3.8) is 0 Å². The van der Waals surface area contributed by atoms with E-state index in [1.54, 1.807) is 19.1 Å². The minimum absolute atomic E-state index is 0.0632. The zero-order valence-corrected chi connectivity index (χ0v) is 16.6. The third-order valence-corrected chi connectivity index (χ3v) is 5.18. The van der Waals surface area contributed by atoms with E-state index in [9.17, 15) is 9.18 Å². The van der Waals surface area contributed by atoms with Crippen LogP contribution in [0.4, 0.5) is 4.39 Å². The van der Waals surface area contributed by atoms with Crippen molar-refractivity contribution in [1.82, 2.24) is 15.5 Å². The molecule has 0 radical (unpaired) electrons. The Labute approximate surface area is 167 Å². The number of hydrogen-bond donors (Lipinski definition) is 1. The highest BCUT2D eigenvalue weighted by molar-refractivity contribution is 8.00. The zero-order chi connectivity index (χ0) is 19.9. The molecule has 0 spiro atoms. The quantitative estimate of drug-likeness (QED) is 0.565. The van der Waals surface area contributed by atoms with Crippen LogP contribution < -0.4 is 5.32 Å². The van der Waals surface area contributed by atoms with E-state index in [1.807, 2.05) is 25.1 Å². The van der Waals surface area contributed by atoms with Crippen LogP contribution in [0.15, 0.2) is 64.2 Å². The smallest absolute Gasteiger partial charge is 0.277 e.